The third-order valence-corrected chi connectivity index (χ3v) is 5.80. The summed E-state index contributed by atoms with van der Waals surface area (Å²) in [6.07, 6.45) is 6.86. The highest BCUT2D eigenvalue weighted by Gasteiger charge is 2.32. The fraction of sp³-hybridized carbons (Fsp3) is 0.579. The second kappa shape index (κ2) is 6.51. The summed E-state index contributed by atoms with van der Waals surface area (Å²) in [7, 11) is 0. The number of H-pyrrole nitrogens is 1. The standard InChI is InChI=1S/C19H24N6O2/c26-18(15-11-20-21-17(15)13-4-5-13)24-8-3-9-25-14(12-24)10-16(22-25)19(27)23-6-1-2-7-23/h10-11,13H,1-9,12H2,(H,20,21). The van der Waals surface area contributed by atoms with Gasteiger partial charge in [0.25, 0.3) is 11.8 Å². The van der Waals surface area contributed by atoms with Crippen molar-refractivity contribution in [2.75, 3.05) is 19.6 Å². The predicted octanol–water partition coefficient (Wildman–Crippen LogP) is 1.77. The van der Waals surface area contributed by atoms with Gasteiger partial charge in [-0.25, -0.2) is 0 Å². The van der Waals surface area contributed by atoms with Gasteiger partial charge in [-0.15, -0.1) is 0 Å². The predicted molar refractivity (Wildman–Crippen MR) is 97.3 cm³/mol. The number of aromatic amines is 1. The van der Waals surface area contributed by atoms with E-state index in [4.69, 9.17) is 0 Å². The van der Waals surface area contributed by atoms with Crippen molar-refractivity contribution in [1.82, 2.24) is 29.8 Å². The van der Waals surface area contributed by atoms with Gasteiger partial charge in [-0.2, -0.15) is 10.2 Å². The minimum atomic E-state index is 0.0109. The van der Waals surface area contributed by atoms with Crippen molar-refractivity contribution in [2.45, 2.75) is 51.1 Å². The largest absolute Gasteiger partial charge is 0.337 e. The lowest BCUT2D eigenvalue weighted by atomic mass is 10.1. The van der Waals surface area contributed by atoms with Crippen LogP contribution in [-0.4, -0.2) is 61.2 Å². The minimum absolute atomic E-state index is 0.0109. The van der Waals surface area contributed by atoms with Crippen LogP contribution in [0, 0.1) is 0 Å². The molecule has 27 heavy (non-hydrogen) atoms. The van der Waals surface area contributed by atoms with E-state index in [1.807, 2.05) is 20.5 Å². The molecule has 0 radical (unpaired) electrons. The highest BCUT2D eigenvalue weighted by molar-refractivity contribution is 5.95. The first kappa shape index (κ1) is 16.5. The normalized spacial score (nSPS) is 19.9. The average Bonchev–Trinajstić information content (AvgIpc) is 3.10. The van der Waals surface area contributed by atoms with E-state index in [0.29, 0.717) is 30.3 Å². The third-order valence-electron chi connectivity index (χ3n) is 5.80. The quantitative estimate of drug-likeness (QED) is 0.894. The van der Waals surface area contributed by atoms with Gasteiger partial charge < -0.3 is 9.80 Å². The number of hydrogen-bond acceptors (Lipinski definition) is 4. The topological polar surface area (TPSA) is 87.1 Å². The Labute approximate surface area is 157 Å². The first-order valence-electron chi connectivity index (χ1n) is 9.89. The molecule has 1 saturated heterocycles. The number of fused-ring (bicyclic) bond motifs is 1. The fourth-order valence-electron chi connectivity index (χ4n) is 4.14. The smallest absolute Gasteiger partial charge is 0.274 e. The molecule has 0 unspecified atom stereocenters. The van der Waals surface area contributed by atoms with Gasteiger partial charge in [-0.1, -0.05) is 0 Å². The van der Waals surface area contributed by atoms with Crippen LogP contribution < -0.4 is 0 Å². The molecule has 2 fully saturated rings. The van der Waals surface area contributed by atoms with Crippen LogP contribution in [0.2, 0.25) is 0 Å². The average molecular weight is 368 g/mol. The third kappa shape index (κ3) is 3.02. The molecule has 0 atom stereocenters. The van der Waals surface area contributed by atoms with Crippen molar-refractivity contribution in [1.29, 1.82) is 0 Å². The summed E-state index contributed by atoms with van der Waals surface area (Å²) in [5.41, 5.74) is 3.10. The minimum Gasteiger partial charge on any atom is -0.337 e. The summed E-state index contributed by atoms with van der Waals surface area (Å²) >= 11 is 0. The van der Waals surface area contributed by atoms with Gasteiger partial charge in [-0.3, -0.25) is 19.4 Å². The van der Waals surface area contributed by atoms with E-state index < -0.39 is 0 Å². The zero-order valence-electron chi connectivity index (χ0n) is 15.4. The van der Waals surface area contributed by atoms with Gasteiger partial charge >= 0.3 is 0 Å². The maximum absolute atomic E-state index is 13.1. The van der Waals surface area contributed by atoms with Crippen LogP contribution in [0.3, 0.4) is 0 Å². The van der Waals surface area contributed by atoms with E-state index in [9.17, 15) is 9.59 Å². The SMILES string of the molecule is O=C(c1cc2n(n1)CCCN(C(=O)c1cn[nH]c1C1CC1)C2)N1CCCC1. The maximum atomic E-state index is 13.1. The van der Waals surface area contributed by atoms with Gasteiger partial charge in [-0.05, 0) is 38.2 Å². The van der Waals surface area contributed by atoms with Crippen LogP contribution in [0.25, 0.3) is 0 Å². The van der Waals surface area contributed by atoms with Crippen LogP contribution >= 0.6 is 0 Å². The Hall–Kier alpha value is -2.64. The van der Waals surface area contributed by atoms with E-state index in [1.54, 1.807) is 6.20 Å². The van der Waals surface area contributed by atoms with E-state index in [1.165, 1.54) is 0 Å². The maximum Gasteiger partial charge on any atom is 0.274 e. The van der Waals surface area contributed by atoms with E-state index >= 15 is 0 Å². The lowest BCUT2D eigenvalue weighted by Crippen LogP contribution is -2.31. The number of carbonyl (C=O) groups is 2. The van der Waals surface area contributed by atoms with Crippen molar-refractivity contribution in [2.24, 2.45) is 0 Å². The molecule has 8 nitrogen and oxygen atoms in total. The van der Waals surface area contributed by atoms with Gasteiger partial charge in [0.05, 0.1) is 29.7 Å². The lowest BCUT2D eigenvalue weighted by Gasteiger charge is -2.20. The highest BCUT2D eigenvalue weighted by Crippen LogP contribution is 2.40. The lowest BCUT2D eigenvalue weighted by molar-refractivity contribution is 0.0744. The fourth-order valence-corrected chi connectivity index (χ4v) is 4.14. The second-order valence-corrected chi connectivity index (χ2v) is 7.80. The molecule has 4 heterocycles. The van der Waals surface area contributed by atoms with E-state index in [0.717, 1.165) is 63.1 Å². The highest BCUT2D eigenvalue weighted by atomic mass is 16.2. The molecule has 1 N–H and O–H groups in total. The first-order chi connectivity index (χ1) is 13.2. The molecule has 1 saturated carbocycles. The molecule has 0 bridgehead atoms. The molecule has 2 aromatic rings. The van der Waals surface area contributed by atoms with Crippen molar-refractivity contribution in [3.8, 4) is 0 Å². The number of rotatable bonds is 3. The molecule has 2 aromatic heterocycles. The van der Waals surface area contributed by atoms with Gasteiger partial charge in [0.15, 0.2) is 5.69 Å². The van der Waals surface area contributed by atoms with E-state index in [2.05, 4.69) is 15.3 Å². The number of likely N-dealkylation sites (tertiary alicyclic amines) is 1. The monoisotopic (exact) mass is 368 g/mol. The molecule has 2 aliphatic heterocycles. The molecule has 0 aromatic carbocycles. The molecule has 1 aliphatic carbocycles. The van der Waals surface area contributed by atoms with Crippen LogP contribution in [0.15, 0.2) is 12.3 Å². The van der Waals surface area contributed by atoms with Gasteiger partial charge in [0.2, 0.25) is 0 Å². The number of nitrogens with zero attached hydrogens (tertiary/aromatic N) is 5. The molecule has 3 aliphatic rings. The van der Waals surface area contributed by atoms with Crippen molar-refractivity contribution >= 4 is 11.8 Å². The Balaban J connectivity index is 1.36. The zero-order valence-corrected chi connectivity index (χ0v) is 15.4. The zero-order chi connectivity index (χ0) is 18.4. The number of hydrogen-bond donors (Lipinski definition) is 1. The Morgan fingerprint density at radius 2 is 1.78 bits per heavy atom. The molecular formula is C19H24N6O2. The number of aryl methyl sites for hydroxylation is 1. The molecule has 142 valence electrons. The molecule has 0 spiro atoms. The Morgan fingerprint density at radius 1 is 1.00 bits per heavy atom. The summed E-state index contributed by atoms with van der Waals surface area (Å²) in [6, 6.07) is 1.86. The molecule has 5 rings (SSSR count). The molecule has 2 amide bonds. The van der Waals surface area contributed by atoms with Gasteiger partial charge in [0.1, 0.15) is 0 Å². The Bertz CT molecular complexity index is 875. The molecular weight excluding hydrogens is 344 g/mol. The number of nitrogens with one attached hydrogen (secondary N) is 1. The number of amides is 2. The summed E-state index contributed by atoms with van der Waals surface area (Å²) in [5, 5.41) is 11.6. The van der Waals surface area contributed by atoms with Crippen molar-refractivity contribution in [3.05, 3.63) is 34.9 Å². The number of aromatic nitrogens is 4. The summed E-state index contributed by atoms with van der Waals surface area (Å²) < 4.78 is 1.90. The molecule has 8 heteroatoms. The Morgan fingerprint density at radius 3 is 2.56 bits per heavy atom. The Kier molecular flexibility index (Phi) is 3.98. The summed E-state index contributed by atoms with van der Waals surface area (Å²) in [5.74, 6) is 0.484. The number of carbonyl (C=O) groups excluding carboxylic acids is 2. The van der Waals surface area contributed by atoms with Crippen molar-refractivity contribution < 1.29 is 9.59 Å². The van der Waals surface area contributed by atoms with Crippen LogP contribution in [0.1, 0.15) is 70.3 Å². The van der Waals surface area contributed by atoms with Gasteiger partial charge in [0, 0.05) is 32.1 Å². The first-order valence-corrected chi connectivity index (χ1v) is 9.89. The van der Waals surface area contributed by atoms with Crippen LogP contribution in [0.5, 0.6) is 0 Å². The second-order valence-electron chi connectivity index (χ2n) is 7.80. The van der Waals surface area contributed by atoms with Crippen LogP contribution in [-0.2, 0) is 13.1 Å². The summed E-state index contributed by atoms with van der Waals surface area (Å²) in [4.78, 5) is 29.5. The van der Waals surface area contributed by atoms with Crippen molar-refractivity contribution in [3.63, 3.8) is 0 Å². The van der Waals surface area contributed by atoms with Crippen LogP contribution in [0.4, 0.5) is 0 Å². The summed E-state index contributed by atoms with van der Waals surface area (Å²) in [6.45, 7) is 3.53. The van der Waals surface area contributed by atoms with E-state index in [-0.39, 0.29) is 11.8 Å².